The number of hydrogen-bond acceptors (Lipinski definition) is 9. The highest BCUT2D eigenvalue weighted by Crippen LogP contribution is 2.38. The predicted octanol–water partition coefficient (Wildman–Crippen LogP) is 3.47. The second-order valence-electron chi connectivity index (χ2n) is 9.98. The molecule has 0 bridgehead atoms. The predicted molar refractivity (Wildman–Crippen MR) is 155 cm³/mol. The quantitative estimate of drug-likeness (QED) is 0.236. The van der Waals surface area contributed by atoms with Crippen LogP contribution in [-0.2, 0) is 10.0 Å². The number of carbonyl (C=O) groups is 1. The van der Waals surface area contributed by atoms with Crippen molar-refractivity contribution in [2.75, 3.05) is 24.1 Å². The number of pyridine rings is 1. The molecule has 1 aliphatic rings. The lowest BCUT2D eigenvalue weighted by atomic mass is 9.94. The molecule has 3 aromatic heterocycles. The smallest absolute Gasteiger partial charge is 0.256 e. The standard InChI is InChI=1S/C28H28N8O4S/c1-16-2-5-24(41(30,38)39)26(25(16)28(37)34-18-3-4-22-23(13-18)40-15-33-22)20-12-17(14-32-27(20)29)21-8-11-36(35-21)19-6-9-31-10-7-19/h2-5,8,11-15,19,31H,6-7,9-10H2,1H3,(H2,29,32)(H,34,37)(H2,30,38,39). The van der Waals surface area contributed by atoms with Gasteiger partial charge >= 0.3 is 0 Å². The van der Waals surface area contributed by atoms with Crippen molar-refractivity contribution < 1.29 is 17.6 Å². The van der Waals surface area contributed by atoms with Crippen molar-refractivity contribution in [3.63, 3.8) is 0 Å². The van der Waals surface area contributed by atoms with E-state index in [9.17, 15) is 13.2 Å². The van der Waals surface area contributed by atoms with Gasteiger partial charge in [0.1, 0.15) is 11.3 Å². The average molecular weight is 573 g/mol. The molecule has 210 valence electrons. The number of amides is 1. The maximum atomic E-state index is 13.8. The number of aromatic nitrogens is 4. The Balaban J connectivity index is 1.45. The van der Waals surface area contributed by atoms with Gasteiger partial charge in [0.2, 0.25) is 10.0 Å². The summed E-state index contributed by atoms with van der Waals surface area (Å²) in [5.74, 6) is -0.513. The van der Waals surface area contributed by atoms with Crippen LogP contribution in [0.3, 0.4) is 0 Å². The summed E-state index contributed by atoms with van der Waals surface area (Å²) in [5, 5.41) is 16.6. The molecule has 1 fully saturated rings. The van der Waals surface area contributed by atoms with Crippen molar-refractivity contribution in [1.82, 2.24) is 25.1 Å². The van der Waals surface area contributed by atoms with Crippen LogP contribution in [0.2, 0.25) is 0 Å². The first-order chi connectivity index (χ1) is 19.7. The maximum Gasteiger partial charge on any atom is 0.256 e. The molecule has 0 atom stereocenters. The van der Waals surface area contributed by atoms with E-state index >= 15 is 0 Å². The number of primary sulfonamides is 1. The zero-order valence-electron chi connectivity index (χ0n) is 22.2. The van der Waals surface area contributed by atoms with Crippen LogP contribution in [0, 0.1) is 6.92 Å². The number of hydrogen-bond donors (Lipinski definition) is 4. The Morgan fingerprint density at radius 3 is 2.71 bits per heavy atom. The molecule has 12 nitrogen and oxygen atoms in total. The topological polar surface area (TPSA) is 184 Å². The van der Waals surface area contributed by atoms with Crippen LogP contribution in [0.25, 0.3) is 33.5 Å². The van der Waals surface area contributed by atoms with Crippen molar-refractivity contribution in [3.05, 3.63) is 72.4 Å². The summed E-state index contributed by atoms with van der Waals surface area (Å²) in [4.78, 5) is 21.9. The van der Waals surface area contributed by atoms with Gasteiger partial charge in [-0.15, -0.1) is 0 Å². The number of carbonyl (C=O) groups excluding carboxylic acids is 1. The van der Waals surface area contributed by atoms with Crippen molar-refractivity contribution in [2.45, 2.75) is 30.7 Å². The van der Waals surface area contributed by atoms with Gasteiger partial charge in [-0.2, -0.15) is 5.10 Å². The molecule has 0 unspecified atom stereocenters. The molecule has 5 aromatic rings. The van der Waals surface area contributed by atoms with Gasteiger partial charge in [-0.3, -0.25) is 9.48 Å². The lowest BCUT2D eigenvalue weighted by Crippen LogP contribution is -2.29. The Morgan fingerprint density at radius 2 is 1.93 bits per heavy atom. The van der Waals surface area contributed by atoms with Gasteiger partial charge in [0.15, 0.2) is 12.0 Å². The number of piperidine rings is 1. The fourth-order valence-corrected chi connectivity index (χ4v) is 5.95. The lowest BCUT2D eigenvalue weighted by molar-refractivity contribution is 0.102. The highest BCUT2D eigenvalue weighted by Gasteiger charge is 2.27. The Morgan fingerprint density at radius 1 is 1.12 bits per heavy atom. The number of rotatable bonds is 6. The summed E-state index contributed by atoms with van der Waals surface area (Å²) in [5.41, 5.74) is 10.1. The first kappa shape index (κ1) is 26.6. The summed E-state index contributed by atoms with van der Waals surface area (Å²) in [6, 6.07) is 11.8. The van der Waals surface area contributed by atoms with E-state index in [2.05, 4.69) is 20.6 Å². The van der Waals surface area contributed by atoms with E-state index in [-0.39, 0.29) is 33.4 Å². The minimum atomic E-state index is -4.27. The van der Waals surface area contributed by atoms with Gasteiger partial charge in [-0.25, -0.2) is 23.5 Å². The molecule has 0 radical (unpaired) electrons. The van der Waals surface area contributed by atoms with Gasteiger partial charge in [-0.05, 0) is 68.8 Å². The van der Waals surface area contributed by atoms with E-state index < -0.39 is 15.9 Å². The van der Waals surface area contributed by atoms with Crippen LogP contribution in [0.4, 0.5) is 11.5 Å². The molecule has 0 aliphatic carbocycles. The number of fused-ring (bicyclic) bond motifs is 1. The minimum absolute atomic E-state index is 0.0409. The number of nitrogens with two attached hydrogens (primary N) is 2. The molecule has 1 aliphatic heterocycles. The Kier molecular flexibility index (Phi) is 6.77. The first-order valence-corrected chi connectivity index (χ1v) is 14.6. The van der Waals surface area contributed by atoms with Gasteiger partial charge < -0.3 is 20.8 Å². The summed E-state index contributed by atoms with van der Waals surface area (Å²) in [6.07, 6.45) is 6.75. The summed E-state index contributed by atoms with van der Waals surface area (Å²) < 4.78 is 32.8. The fraction of sp³-hybridized carbons (Fsp3) is 0.214. The molecule has 2 aromatic carbocycles. The number of aryl methyl sites for hydroxylation is 1. The average Bonchev–Trinajstić information content (AvgIpc) is 3.63. The van der Waals surface area contributed by atoms with Gasteiger partial charge in [-0.1, -0.05) is 6.07 Å². The second-order valence-corrected chi connectivity index (χ2v) is 11.5. The van der Waals surface area contributed by atoms with Gasteiger partial charge in [0, 0.05) is 40.8 Å². The number of nitrogens with zero attached hydrogens (tertiary/aromatic N) is 4. The molecular weight excluding hydrogens is 544 g/mol. The number of sulfonamides is 1. The van der Waals surface area contributed by atoms with E-state index in [1.54, 1.807) is 37.4 Å². The third-order valence-electron chi connectivity index (χ3n) is 7.27. The molecule has 1 saturated heterocycles. The Bertz CT molecular complexity index is 1890. The molecule has 6 rings (SSSR count). The normalized spacial score (nSPS) is 14.4. The second kappa shape index (κ2) is 10.4. The molecular formula is C28H28N8O4S. The number of nitrogens with one attached hydrogen (secondary N) is 2. The van der Waals surface area contributed by atoms with Crippen LogP contribution in [-0.4, -0.2) is 47.2 Å². The van der Waals surface area contributed by atoms with E-state index in [0.717, 1.165) is 25.9 Å². The highest BCUT2D eigenvalue weighted by atomic mass is 32.2. The van der Waals surface area contributed by atoms with E-state index in [1.807, 2.05) is 16.9 Å². The molecule has 41 heavy (non-hydrogen) atoms. The molecule has 0 spiro atoms. The van der Waals surface area contributed by atoms with Crippen molar-refractivity contribution in [2.24, 2.45) is 5.14 Å². The Hall–Kier alpha value is -4.59. The Labute approximate surface area is 235 Å². The van der Waals surface area contributed by atoms with Crippen LogP contribution in [0.5, 0.6) is 0 Å². The van der Waals surface area contributed by atoms with Gasteiger partial charge in [0.05, 0.1) is 22.2 Å². The molecule has 0 saturated carbocycles. The largest absolute Gasteiger partial charge is 0.443 e. The number of anilines is 2. The highest BCUT2D eigenvalue weighted by molar-refractivity contribution is 7.89. The number of benzene rings is 2. The molecule has 13 heteroatoms. The number of nitrogen functional groups attached to an aromatic ring is 1. The van der Waals surface area contributed by atoms with E-state index in [4.69, 9.17) is 20.4 Å². The first-order valence-electron chi connectivity index (χ1n) is 13.0. The maximum absolute atomic E-state index is 13.8. The fourth-order valence-electron chi connectivity index (χ4n) is 5.19. The van der Waals surface area contributed by atoms with Crippen LogP contribution in [0.15, 0.2) is 70.6 Å². The third kappa shape index (κ3) is 5.17. The summed E-state index contributed by atoms with van der Waals surface area (Å²) >= 11 is 0. The van der Waals surface area contributed by atoms with Crippen molar-refractivity contribution in [3.8, 4) is 22.4 Å². The SMILES string of the molecule is Cc1ccc(S(N)(=O)=O)c(-c2cc(-c3ccn(C4CCNCC4)n3)cnc2N)c1C(=O)Nc1ccc2ncoc2c1. The molecule has 1 amide bonds. The number of oxazole rings is 1. The molecule has 6 N–H and O–H groups in total. The zero-order chi connectivity index (χ0) is 28.7. The monoisotopic (exact) mass is 572 g/mol. The molecule has 4 heterocycles. The lowest BCUT2D eigenvalue weighted by Gasteiger charge is -2.22. The van der Waals surface area contributed by atoms with Gasteiger partial charge in [0.25, 0.3) is 5.91 Å². The van der Waals surface area contributed by atoms with Crippen LogP contribution < -0.4 is 21.5 Å². The van der Waals surface area contributed by atoms with Crippen LogP contribution in [0.1, 0.15) is 34.8 Å². The minimum Gasteiger partial charge on any atom is -0.443 e. The van der Waals surface area contributed by atoms with E-state index in [0.29, 0.717) is 33.6 Å². The van der Waals surface area contributed by atoms with Crippen LogP contribution >= 0.6 is 0 Å². The van der Waals surface area contributed by atoms with Crippen molar-refractivity contribution in [1.29, 1.82) is 0 Å². The summed E-state index contributed by atoms with van der Waals surface area (Å²) in [6.45, 7) is 3.56. The van der Waals surface area contributed by atoms with E-state index in [1.165, 1.54) is 18.5 Å². The third-order valence-corrected chi connectivity index (χ3v) is 8.23. The zero-order valence-corrected chi connectivity index (χ0v) is 23.0. The summed E-state index contributed by atoms with van der Waals surface area (Å²) in [7, 11) is -4.27. The van der Waals surface area contributed by atoms with Crippen molar-refractivity contribution >= 4 is 38.5 Å².